The first-order valence-corrected chi connectivity index (χ1v) is 9.82. The standard InChI is InChI=1S/C15H30N2O3S/c1-16(2)9-5-14-6-10-17(11-7-14)21(18,19)13-8-15-4-3-12-20-15/h14-15H,3-13H2,1-2H3/t15-/m0/s1. The lowest BCUT2D eigenvalue weighted by Gasteiger charge is -2.32. The SMILES string of the molecule is CN(C)CCC1CCN(S(=O)(=O)CC[C@@H]2CCCO2)CC1. The van der Waals surface area contributed by atoms with Crippen molar-refractivity contribution in [1.29, 1.82) is 0 Å². The monoisotopic (exact) mass is 318 g/mol. The maximum Gasteiger partial charge on any atom is 0.214 e. The van der Waals surface area contributed by atoms with E-state index in [-0.39, 0.29) is 11.9 Å². The minimum atomic E-state index is -3.08. The maximum absolute atomic E-state index is 12.4. The zero-order valence-electron chi connectivity index (χ0n) is 13.5. The van der Waals surface area contributed by atoms with E-state index in [1.165, 1.54) is 6.42 Å². The molecule has 0 aliphatic carbocycles. The van der Waals surface area contributed by atoms with E-state index in [1.807, 2.05) is 0 Å². The molecule has 0 spiro atoms. The molecule has 2 aliphatic heterocycles. The fourth-order valence-corrected chi connectivity index (χ4v) is 4.78. The summed E-state index contributed by atoms with van der Waals surface area (Å²) in [6, 6.07) is 0. The van der Waals surface area contributed by atoms with E-state index in [2.05, 4.69) is 19.0 Å². The highest BCUT2D eigenvalue weighted by molar-refractivity contribution is 7.89. The third-order valence-corrected chi connectivity index (χ3v) is 6.58. The Morgan fingerprint density at radius 2 is 1.86 bits per heavy atom. The number of ether oxygens (including phenoxy) is 1. The van der Waals surface area contributed by atoms with Gasteiger partial charge in [0.2, 0.25) is 10.0 Å². The molecule has 0 unspecified atom stereocenters. The Hall–Kier alpha value is -0.170. The molecule has 2 fully saturated rings. The molecule has 2 heterocycles. The van der Waals surface area contributed by atoms with Gasteiger partial charge in [-0.25, -0.2) is 12.7 Å². The Morgan fingerprint density at radius 3 is 2.43 bits per heavy atom. The predicted molar refractivity (Wildman–Crippen MR) is 84.8 cm³/mol. The van der Waals surface area contributed by atoms with Gasteiger partial charge in [0.25, 0.3) is 0 Å². The van der Waals surface area contributed by atoms with E-state index in [0.29, 0.717) is 25.4 Å². The molecule has 0 bridgehead atoms. The normalized spacial score (nSPS) is 25.8. The van der Waals surface area contributed by atoms with Crippen molar-refractivity contribution >= 4 is 10.0 Å². The van der Waals surface area contributed by atoms with Gasteiger partial charge in [-0.3, -0.25) is 0 Å². The van der Waals surface area contributed by atoms with E-state index in [4.69, 9.17) is 4.74 Å². The van der Waals surface area contributed by atoms with Crippen LogP contribution in [0.25, 0.3) is 0 Å². The summed E-state index contributed by atoms with van der Waals surface area (Å²) in [6.45, 7) is 3.29. The van der Waals surface area contributed by atoms with Crippen LogP contribution in [-0.4, -0.2) is 69.8 Å². The topological polar surface area (TPSA) is 49.9 Å². The zero-order valence-corrected chi connectivity index (χ0v) is 14.3. The summed E-state index contributed by atoms with van der Waals surface area (Å²) in [6.07, 6.45) is 6.10. The van der Waals surface area contributed by atoms with E-state index in [1.54, 1.807) is 4.31 Å². The largest absolute Gasteiger partial charge is 0.378 e. The molecule has 0 aromatic rings. The lowest BCUT2D eigenvalue weighted by Crippen LogP contribution is -2.40. The fourth-order valence-electron chi connectivity index (χ4n) is 3.20. The van der Waals surface area contributed by atoms with Gasteiger partial charge in [0.1, 0.15) is 0 Å². The number of rotatable bonds is 7. The van der Waals surface area contributed by atoms with Crippen LogP contribution in [0.1, 0.15) is 38.5 Å². The molecular formula is C15H30N2O3S. The summed E-state index contributed by atoms with van der Waals surface area (Å²) in [4.78, 5) is 2.20. The summed E-state index contributed by atoms with van der Waals surface area (Å²) >= 11 is 0. The van der Waals surface area contributed by atoms with E-state index in [9.17, 15) is 8.42 Å². The van der Waals surface area contributed by atoms with Crippen LogP contribution >= 0.6 is 0 Å². The number of hydrogen-bond acceptors (Lipinski definition) is 4. The third-order valence-electron chi connectivity index (χ3n) is 4.67. The van der Waals surface area contributed by atoms with Crippen LogP contribution < -0.4 is 0 Å². The number of nitrogens with zero attached hydrogens (tertiary/aromatic N) is 2. The molecule has 2 saturated heterocycles. The van der Waals surface area contributed by atoms with Crippen LogP contribution in [0.5, 0.6) is 0 Å². The van der Waals surface area contributed by atoms with Crippen molar-refractivity contribution in [1.82, 2.24) is 9.21 Å². The molecule has 0 N–H and O–H groups in total. The van der Waals surface area contributed by atoms with E-state index in [0.717, 1.165) is 38.8 Å². The summed E-state index contributed by atoms with van der Waals surface area (Å²) in [5.74, 6) is 0.928. The van der Waals surface area contributed by atoms with Crippen molar-refractivity contribution in [2.45, 2.75) is 44.6 Å². The molecule has 5 nitrogen and oxygen atoms in total. The van der Waals surface area contributed by atoms with Crippen LogP contribution in [-0.2, 0) is 14.8 Å². The van der Waals surface area contributed by atoms with Gasteiger partial charge in [-0.2, -0.15) is 0 Å². The minimum absolute atomic E-state index is 0.164. The summed E-state index contributed by atoms with van der Waals surface area (Å²) in [7, 11) is 1.09. The average Bonchev–Trinajstić information content (AvgIpc) is 2.97. The van der Waals surface area contributed by atoms with Crippen LogP contribution in [0.4, 0.5) is 0 Å². The van der Waals surface area contributed by atoms with Gasteiger partial charge in [0.15, 0.2) is 0 Å². The van der Waals surface area contributed by atoms with Gasteiger partial charge >= 0.3 is 0 Å². The van der Waals surface area contributed by atoms with Gasteiger partial charge in [-0.1, -0.05) is 0 Å². The minimum Gasteiger partial charge on any atom is -0.378 e. The zero-order chi connectivity index (χ0) is 15.3. The highest BCUT2D eigenvalue weighted by Gasteiger charge is 2.29. The van der Waals surface area contributed by atoms with Gasteiger partial charge in [-0.15, -0.1) is 0 Å². The lowest BCUT2D eigenvalue weighted by atomic mass is 9.94. The molecule has 0 aromatic heterocycles. The van der Waals surface area contributed by atoms with E-state index < -0.39 is 10.0 Å². The van der Waals surface area contributed by atoms with Crippen molar-refractivity contribution in [2.24, 2.45) is 5.92 Å². The molecule has 21 heavy (non-hydrogen) atoms. The molecule has 6 heteroatoms. The molecule has 2 rings (SSSR count). The quantitative estimate of drug-likeness (QED) is 0.715. The van der Waals surface area contributed by atoms with Crippen LogP contribution in [0.3, 0.4) is 0 Å². The third kappa shape index (κ3) is 5.51. The Balaban J connectivity index is 1.72. The number of piperidine rings is 1. The highest BCUT2D eigenvalue weighted by Crippen LogP contribution is 2.24. The van der Waals surface area contributed by atoms with Crippen molar-refractivity contribution in [2.75, 3.05) is 46.1 Å². The van der Waals surface area contributed by atoms with Crippen molar-refractivity contribution in [3.63, 3.8) is 0 Å². The summed E-state index contributed by atoms with van der Waals surface area (Å²) in [5.41, 5.74) is 0. The van der Waals surface area contributed by atoms with Gasteiger partial charge < -0.3 is 9.64 Å². The average molecular weight is 318 g/mol. The molecular weight excluding hydrogens is 288 g/mol. The second-order valence-corrected chi connectivity index (χ2v) is 8.76. The summed E-state index contributed by atoms with van der Waals surface area (Å²) in [5, 5.41) is 0. The highest BCUT2D eigenvalue weighted by atomic mass is 32.2. The Morgan fingerprint density at radius 1 is 1.14 bits per heavy atom. The van der Waals surface area contributed by atoms with Gasteiger partial charge in [0, 0.05) is 19.7 Å². The predicted octanol–water partition coefficient (Wildman–Crippen LogP) is 1.55. The maximum atomic E-state index is 12.4. The van der Waals surface area contributed by atoms with Crippen LogP contribution in [0, 0.1) is 5.92 Å². The molecule has 1 atom stereocenters. The molecule has 124 valence electrons. The molecule has 0 aromatic carbocycles. The van der Waals surface area contributed by atoms with Crippen molar-refractivity contribution in [3.05, 3.63) is 0 Å². The van der Waals surface area contributed by atoms with Crippen molar-refractivity contribution in [3.8, 4) is 0 Å². The molecule has 2 aliphatic rings. The van der Waals surface area contributed by atoms with Crippen LogP contribution in [0.15, 0.2) is 0 Å². The Kier molecular flexibility index (Phi) is 6.47. The van der Waals surface area contributed by atoms with Crippen molar-refractivity contribution < 1.29 is 13.2 Å². The van der Waals surface area contributed by atoms with Gasteiger partial charge in [-0.05, 0) is 65.1 Å². The first kappa shape index (κ1) is 17.2. The lowest BCUT2D eigenvalue weighted by molar-refractivity contribution is 0.108. The second kappa shape index (κ2) is 7.90. The second-order valence-electron chi connectivity index (χ2n) is 6.67. The first-order valence-electron chi connectivity index (χ1n) is 8.21. The first-order chi connectivity index (χ1) is 9.97. The van der Waals surface area contributed by atoms with Crippen LogP contribution in [0.2, 0.25) is 0 Å². The fraction of sp³-hybridized carbons (Fsp3) is 1.00. The number of sulfonamides is 1. The molecule has 0 amide bonds. The Bertz CT molecular complexity index is 397. The van der Waals surface area contributed by atoms with E-state index >= 15 is 0 Å². The smallest absolute Gasteiger partial charge is 0.214 e. The molecule has 0 saturated carbocycles. The number of hydrogen-bond donors (Lipinski definition) is 0. The Labute approximate surface area is 129 Å². The van der Waals surface area contributed by atoms with Gasteiger partial charge in [0.05, 0.1) is 11.9 Å². The molecule has 0 radical (unpaired) electrons. The summed E-state index contributed by atoms with van der Waals surface area (Å²) < 4.78 is 32.0.